The second kappa shape index (κ2) is 2.22. The lowest BCUT2D eigenvalue weighted by atomic mass is 9.89. The Bertz CT molecular complexity index is 204. The summed E-state index contributed by atoms with van der Waals surface area (Å²) in [5.74, 6) is 0.408. The summed E-state index contributed by atoms with van der Waals surface area (Å²) in [6, 6.07) is 0. The molecule has 0 spiro atoms. The van der Waals surface area contributed by atoms with Gasteiger partial charge in [-0.15, -0.1) is 0 Å². The lowest BCUT2D eigenvalue weighted by Crippen LogP contribution is -2.37. The molecule has 2 aliphatic rings. The molecular weight excluding hydrogens is 208 g/mol. The third kappa shape index (κ3) is 0.934. The minimum Gasteiger partial charge on any atom is -0.480 e. The molecule has 2 nitrogen and oxygen atoms in total. The smallest absolute Gasteiger partial charge is 0.320 e. The average Bonchev–Trinajstić information content (AvgIpc) is 2.45. The fourth-order valence-electron chi connectivity index (χ4n) is 2.52. The molecule has 0 amide bonds. The van der Waals surface area contributed by atoms with E-state index in [0.29, 0.717) is 11.8 Å². The number of carboxylic acids is 1. The highest BCUT2D eigenvalue weighted by atomic mass is 79.9. The van der Waals surface area contributed by atoms with Crippen molar-refractivity contribution in [1.29, 1.82) is 0 Å². The van der Waals surface area contributed by atoms with Gasteiger partial charge in [-0.25, -0.2) is 0 Å². The number of hydrogen-bond donors (Lipinski definition) is 1. The van der Waals surface area contributed by atoms with Crippen LogP contribution in [0.1, 0.15) is 25.7 Å². The van der Waals surface area contributed by atoms with Gasteiger partial charge in [0, 0.05) is 0 Å². The molecule has 2 saturated carbocycles. The quantitative estimate of drug-likeness (QED) is 0.685. The number of fused-ring (bicyclic) bond motifs is 2. The molecule has 11 heavy (non-hydrogen) atoms. The maximum absolute atomic E-state index is 10.9. The highest BCUT2D eigenvalue weighted by molar-refractivity contribution is 9.10. The van der Waals surface area contributed by atoms with Crippen LogP contribution in [-0.4, -0.2) is 15.4 Å². The summed E-state index contributed by atoms with van der Waals surface area (Å²) in [4.78, 5) is 10.9. The molecule has 62 valence electrons. The van der Waals surface area contributed by atoms with Gasteiger partial charge in [-0.2, -0.15) is 0 Å². The summed E-state index contributed by atoms with van der Waals surface area (Å²) in [7, 11) is 0. The van der Waals surface area contributed by atoms with E-state index in [1.54, 1.807) is 0 Å². The van der Waals surface area contributed by atoms with Crippen molar-refractivity contribution in [3.63, 3.8) is 0 Å². The van der Waals surface area contributed by atoms with Gasteiger partial charge in [0.15, 0.2) is 0 Å². The Labute approximate surface area is 74.1 Å². The Morgan fingerprint density at radius 2 is 2.27 bits per heavy atom. The van der Waals surface area contributed by atoms with E-state index in [4.69, 9.17) is 5.11 Å². The molecule has 0 unspecified atom stereocenters. The van der Waals surface area contributed by atoms with Crippen LogP contribution in [0, 0.1) is 11.8 Å². The molecular formula is C8H11BrO2. The fraction of sp³-hybridized carbons (Fsp3) is 0.875. The molecule has 0 aromatic carbocycles. The number of hydrogen-bond acceptors (Lipinski definition) is 1. The monoisotopic (exact) mass is 218 g/mol. The minimum atomic E-state index is -0.662. The molecule has 2 fully saturated rings. The van der Waals surface area contributed by atoms with E-state index in [9.17, 15) is 4.79 Å². The van der Waals surface area contributed by atoms with Crippen LogP contribution >= 0.6 is 15.9 Å². The Morgan fingerprint density at radius 1 is 1.55 bits per heavy atom. The molecule has 0 heterocycles. The molecule has 2 bridgehead atoms. The Balaban J connectivity index is 2.23. The number of carbonyl (C=O) groups is 1. The van der Waals surface area contributed by atoms with Gasteiger partial charge in [0.05, 0.1) is 0 Å². The fourth-order valence-corrected chi connectivity index (χ4v) is 3.40. The van der Waals surface area contributed by atoms with Crippen LogP contribution in [0.2, 0.25) is 0 Å². The first kappa shape index (κ1) is 7.59. The van der Waals surface area contributed by atoms with E-state index in [0.717, 1.165) is 19.3 Å². The van der Waals surface area contributed by atoms with Crippen LogP contribution in [0.25, 0.3) is 0 Å². The first-order chi connectivity index (χ1) is 5.13. The van der Waals surface area contributed by atoms with E-state index >= 15 is 0 Å². The number of halogens is 1. The van der Waals surface area contributed by atoms with Crippen LogP contribution in [0.5, 0.6) is 0 Å². The summed E-state index contributed by atoms with van der Waals surface area (Å²) < 4.78 is -0.560. The van der Waals surface area contributed by atoms with Gasteiger partial charge < -0.3 is 5.11 Å². The third-order valence-corrected chi connectivity index (χ3v) is 4.44. The largest absolute Gasteiger partial charge is 0.480 e. The van der Waals surface area contributed by atoms with Crippen LogP contribution < -0.4 is 0 Å². The van der Waals surface area contributed by atoms with Crippen molar-refractivity contribution in [2.45, 2.75) is 30.0 Å². The Hall–Kier alpha value is -0.0500. The van der Waals surface area contributed by atoms with Gasteiger partial charge >= 0.3 is 5.97 Å². The molecule has 3 heteroatoms. The molecule has 0 aromatic heterocycles. The number of alkyl halides is 1. The zero-order valence-electron chi connectivity index (χ0n) is 6.22. The van der Waals surface area contributed by atoms with Crippen LogP contribution in [0.4, 0.5) is 0 Å². The summed E-state index contributed by atoms with van der Waals surface area (Å²) in [5, 5.41) is 8.95. The maximum Gasteiger partial charge on any atom is 0.320 e. The second-order valence-corrected chi connectivity index (χ2v) is 5.16. The van der Waals surface area contributed by atoms with E-state index < -0.39 is 10.3 Å². The molecule has 0 aromatic rings. The summed E-state index contributed by atoms with van der Waals surface area (Å²) in [6.07, 6.45) is 4.30. The number of carboxylic acid groups (broad SMARTS) is 1. The van der Waals surface area contributed by atoms with Crippen molar-refractivity contribution in [3.05, 3.63) is 0 Å². The summed E-state index contributed by atoms with van der Waals surface area (Å²) in [5.41, 5.74) is 0. The summed E-state index contributed by atoms with van der Waals surface area (Å²) in [6.45, 7) is 0. The van der Waals surface area contributed by atoms with E-state index in [-0.39, 0.29) is 0 Å². The Kier molecular flexibility index (Phi) is 1.53. The maximum atomic E-state index is 10.9. The van der Waals surface area contributed by atoms with Crippen molar-refractivity contribution in [2.24, 2.45) is 11.8 Å². The van der Waals surface area contributed by atoms with Gasteiger partial charge in [-0.1, -0.05) is 22.4 Å². The predicted octanol–water partition coefficient (Wildman–Crippen LogP) is 2.02. The van der Waals surface area contributed by atoms with Crippen LogP contribution in [0.3, 0.4) is 0 Å². The van der Waals surface area contributed by atoms with Crippen molar-refractivity contribution in [2.75, 3.05) is 0 Å². The topological polar surface area (TPSA) is 37.3 Å². The van der Waals surface area contributed by atoms with E-state index in [2.05, 4.69) is 15.9 Å². The highest BCUT2D eigenvalue weighted by Crippen LogP contribution is 2.55. The molecule has 0 radical (unpaired) electrons. The van der Waals surface area contributed by atoms with Crippen molar-refractivity contribution < 1.29 is 9.90 Å². The van der Waals surface area contributed by atoms with Crippen LogP contribution in [0.15, 0.2) is 0 Å². The molecule has 3 atom stereocenters. The van der Waals surface area contributed by atoms with E-state index in [1.807, 2.05) is 0 Å². The minimum absolute atomic E-state index is 0.394. The molecule has 1 N–H and O–H groups in total. The van der Waals surface area contributed by atoms with Crippen molar-refractivity contribution >= 4 is 21.9 Å². The number of rotatable bonds is 1. The Morgan fingerprint density at radius 3 is 2.55 bits per heavy atom. The standard InChI is InChI=1S/C8H11BrO2/c9-8(7(10)11)4-5-1-2-6(8)3-5/h5-6H,1-4H2,(H,10,11)/t5-,6+,8+/m1/s1. The van der Waals surface area contributed by atoms with Gasteiger partial charge in [0.1, 0.15) is 4.32 Å². The lowest BCUT2D eigenvalue weighted by molar-refractivity contribution is -0.141. The zero-order chi connectivity index (χ0) is 8.06. The van der Waals surface area contributed by atoms with Crippen molar-refractivity contribution in [3.8, 4) is 0 Å². The molecule has 0 saturated heterocycles. The SMILES string of the molecule is O=C(O)[C@]1(Br)C[C@@H]2CC[C@H]1C2. The van der Waals surface area contributed by atoms with Gasteiger partial charge in [0.2, 0.25) is 0 Å². The zero-order valence-corrected chi connectivity index (χ0v) is 7.80. The highest BCUT2D eigenvalue weighted by Gasteiger charge is 2.54. The third-order valence-electron chi connectivity index (χ3n) is 3.13. The molecule has 0 aliphatic heterocycles. The molecule has 2 aliphatic carbocycles. The van der Waals surface area contributed by atoms with Gasteiger partial charge in [-0.05, 0) is 31.1 Å². The normalized spacial score (nSPS) is 48.1. The van der Waals surface area contributed by atoms with Crippen LogP contribution in [-0.2, 0) is 4.79 Å². The predicted molar refractivity (Wildman–Crippen MR) is 44.7 cm³/mol. The molecule has 2 rings (SSSR count). The van der Waals surface area contributed by atoms with Gasteiger partial charge in [0.25, 0.3) is 0 Å². The first-order valence-electron chi connectivity index (χ1n) is 4.05. The number of aliphatic carboxylic acids is 1. The second-order valence-electron chi connectivity index (χ2n) is 3.75. The van der Waals surface area contributed by atoms with Gasteiger partial charge in [-0.3, -0.25) is 4.79 Å². The first-order valence-corrected chi connectivity index (χ1v) is 4.84. The lowest BCUT2D eigenvalue weighted by Gasteiger charge is -2.26. The van der Waals surface area contributed by atoms with E-state index in [1.165, 1.54) is 6.42 Å². The van der Waals surface area contributed by atoms with Crippen molar-refractivity contribution in [1.82, 2.24) is 0 Å². The average molecular weight is 219 g/mol. The summed E-state index contributed by atoms with van der Waals surface area (Å²) >= 11 is 3.37.